The highest BCUT2D eigenvalue weighted by molar-refractivity contribution is 5.95. The van der Waals surface area contributed by atoms with Crippen molar-refractivity contribution in [3.05, 3.63) is 65.7 Å². The van der Waals surface area contributed by atoms with E-state index in [1.165, 1.54) is 0 Å². The van der Waals surface area contributed by atoms with E-state index in [1.54, 1.807) is 41.1 Å². The van der Waals surface area contributed by atoms with E-state index in [0.717, 1.165) is 24.1 Å². The first-order valence-electron chi connectivity index (χ1n) is 8.35. The van der Waals surface area contributed by atoms with Crippen LogP contribution in [0, 0.1) is 0 Å². The summed E-state index contributed by atoms with van der Waals surface area (Å²) >= 11 is 0. The molecule has 2 heterocycles. The molecule has 3 amide bonds. The van der Waals surface area contributed by atoms with Crippen LogP contribution in [0.1, 0.15) is 23.7 Å². The van der Waals surface area contributed by atoms with Gasteiger partial charge in [0, 0.05) is 43.4 Å². The van der Waals surface area contributed by atoms with Gasteiger partial charge in [-0.25, -0.2) is 4.79 Å². The average Bonchev–Trinajstić information content (AvgIpc) is 3.06. The molecule has 0 aromatic heterocycles. The number of amides is 3. The monoisotopic (exact) mass is 338 g/mol. The van der Waals surface area contributed by atoms with Crippen molar-refractivity contribution in [3.8, 4) is 0 Å². The van der Waals surface area contributed by atoms with Crippen molar-refractivity contribution < 1.29 is 9.59 Å². The van der Waals surface area contributed by atoms with E-state index in [-0.39, 0.29) is 11.9 Å². The van der Waals surface area contributed by atoms with E-state index in [9.17, 15) is 9.59 Å². The third-order valence-electron chi connectivity index (χ3n) is 4.17. The summed E-state index contributed by atoms with van der Waals surface area (Å²) in [6, 6.07) is 6.78. The number of dihydropyridines is 1. The molecule has 0 bridgehead atoms. The van der Waals surface area contributed by atoms with E-state index < -0.39 is 0 Å². The molecule has 1 aromatic carbocycles. The van der Waals surface area contributed by atoms with Crippen LogP contribution in [-0.4, -0.2) is 41.9 Å². The van der Waals surface area contributed by atoms with Gasteiger partial charge in [0.1, 0.15) is 0 Å². The first-order chi connectivity index (χ1) is 12.1. The van der Waals surface area contributed by atoms with Gasteiger partial charge in [-0.3, -0.25) is 9.69 Å². The minimum absolute atomic E-state index is 0.0145. The Morgan fingerprint density at radius 1 is 1.28 bits per heavy atom. The van der Waals surface area contributed by atoms with Crippen molar-refractivity contribution in [2.75, 3.05) is 25.5 Å². The molecule has 25 heavy (non-hydrogen) atoms. The van der Waals surface area contributed by atoms with Crippen LogP contribution in [0.4, 0.5) is 10.5 Å². The van der Waals surface area contributed by atoms with Crippen molar-refractivity contribution >= 4 is 17.6 Å². The normalized spacial score (nSPS) is 15.0. The Morgan fingerprint density at radius 2 is 2.04 bits per heavy atom. The second kappa shape index (κ2) is 7.25. The fourth-order valence-electron chi connectivity index (χ4n) is 2.82. The van der Waals surface area contributed by atoms with E-state index in [1.807, 2.05) is 31.6 Å². The van der Waals surface area contributed by atoms with Crippen LogP contribution in [0.3, 0.4) is 0 Å². The van der Waals surface area contributed by atoms with E-state index >= 15 is 0 Å². The van der Waals surface area contributed by atoms with E-state index in [2.05, 4.69) is 10.6 Å². The molecule has 2 aliphatic heterocycles. The molecule has 0 saturated heterocycles. The Kier molecular flexibility index (Phi) is 4.88. The number of benzene rings is 1. The molecular formula is C19H22N4O2. The van der Waals surface area contributed by atoms with Crippen molar-refractivity contribution in [2.24, 2.45) is 0 Å². The summed E-state index contributed by atoms with van der Waals surface area (Å²) in [5.74, 6) is -0.0145. The number of anilines is 1. The summed E-state index contributed by atoms with van der Waals surface area (Å²) in [7, 11) is 1.79. The Hall–Kier alpha value is -3.02. The number of nitrogens with zero attached hydrogens (tertiary/aromatic N) is 2. The summed E-state index contributed by atoms with van der Waals surface area (Å²) < 4.78 is 0. The molecule has 0 unspecified atom stereocenters. The van der Waals surface area contributed by atoms with Gasteiger partial charge in [-0.15, -0.1) is 0 Å². The molecule has 0 radical (unpaired) electrons. The van der Waals surface area contributed by atoms with Gasteiger partial charge in [-0.05, 0) is 47.9 Å². The molecule has 0 spiro atoms. The molecule has 3 rings (SSSR count). The number of hydrogen-bond donors (Lipinski definition) is 2. The highest BCUT2D eigenvalue weighted by Crippen LogP contribution is 2.24. The molecule has 2 N–H and O–H groups in total. The van der Waals surface area contributed by atoms with Gasteiger partial charge in [-0.1, -0.05) is 6.92 Å². The first-order valence-corrected chi connectivity index (χ1v) is 8.35. The maximum atomic E-state index is 12.4. The van der Waals surface area contributed by atoms with Crippen LogP contribution >= 0.6 is 0 Å². The summed E-state index contributed by atoms with van der Waals surface area (Å²) in [5.41, 5.74) is 3.40. The Bertz CT molecular complexity index is 762. The number of fused-ring (bicyclic) bond motifs is 1. The summed E-state index contributed by atoms with van der Waals surface area (Å²) in [4.78, 5) is 27.9. The molecule has 6 heteroatoms. The van der Waals surface area contributed by atoms with E-state index in [0.29, 0.717) is 17.8 Å². The summed E-state index contributed by atoms with van der Waals surface area (Å²) in [6.45, 7) is 3.30. The zero-order valence-corrected chi connectivity index (χ0v) is 14.5. The first kappa shape index (κ1) is 16.8. The third kappa shape index (κ3) is 3.74. The van der Waals surface area contributed by atoms with Gasteiger partial charge < -0.3 is 15.5 Å². The number of nitrogens with one attached hydrogen (secondary N) is 2. The van der Waals surface area contributed by atoms with E-state index in [4.69, 9.17) is 0 Å². The summed E-state index contributed by atoms with van der Waals surface area (Å²) in [6.07, 6.45) is 8.42. The Labute approximate surface area is 147 Å². The van der Waals surface area contributed by atoms with Crippen LogP contribution in [0.15, 0.2) is 60.1 Å². The fourth-order valence-corrected chi connectivity index (χ4v) is 2.82. The Balaban J connectivity index is 1.62. The van der Waals surface area contributed by atoms with Crippen molar-refractivity contribution in [1.29, 1.82) is 0 Å². The predicted octanol–water partition coefficient (Wildman–Crippen LogP) is 2.90. The van der Waals surface area contributed by atoms with Crippen LogP contribution in [0.5, 0.6) is 0 Å². The number of rotatable bonds is 4. The van der Waals surface area contributed by atoms with Gasteiger partial charge in [0.25, 0.3) is 5.91 Å². The zero-order valence-electron chi connectivity index (χ0n) is 14.5. The molecule has 130 valence electrons. The average molecular weight is 338 g/mol. The van der Waals surface area contributed by atoms with Crippen LogP contribution in [-0.2, 0) is 0 Å². The lowest BCUT2D eigenvalue weighted by Crippen LogP contribution is -2.29. The number of urea groups is 1. The predicted molar refractivity (Wildman–Crippen MR) is 97.9 cm³/mol. The minimum atomic E-state index is -0.196. The highest BCUT2D eigenvalue weighted by atomic mass is 16.2. The quantitative estimate of drug-likeness (QED) is 0.887. The van der Waals surface area contributed by atoms with Crippen LogP contribution in [0.25, 0.3) is 0 Å². The lowest BCUT2D eigenvalue weighted by Gasteiger charge is -2.17. The van der Waals surface area contributed by atoms with Gasteiger partial charge in [-0.2, -0.15) is 0 Å². The Morgan fingerprint density at radius 3 is 2.72 bits per heavy atom. The molecule has 0 saturated carbocycles. The smallest absolute Gasteiger partial charge is 0.326 e. The maximum Gasteiger partial charge on any atom is 0.326 e. The van der Waals surface area contributed by atoms with Crippen molar-refractivity contribution in [1.82, 2.24) is 15.1 Å². The number of hydrogen-bond acceptors (Lipinski definition) is 3. The van der Waals surface area contributed by atoms with Crippen LogP contribution in [0.2, 0.25) is 0 Å². The second-order valence-electron chi connectivity index (χ2n) is 6.12. The SMILES string of the molecule is CCCN(C)C(=O)c1ccc(NC(=O)N2C=C3C=CNC=C3C2)cc1. The zero-order chi connectivity index (χ0) is 17.8. The van der Waals surface area contributed by atoms with Gasteiger partial charge in [0.2, 0.25) is 0 Å². The molecule has 0 atom stereocenters. The molecule has 0 fully saturated rings. The molecule has 0 aliphatic carbocycles. The third-order valence-corrected chi connectivity index (χ3v) is 4.17. The minimum Gasteiger partial charge on any atom is -0.367 e. The van der Waals surface area contributed by atoms with Gasteiger partial charge in [0.15, 0.2) is 0 Å². The largest absolute Gasteiger partial charge is 0.367 e. The number of allylic oxidation sites excluding steroid dienone is 1. The van der Waals surface area contributed by atoms with Gasteiger partial charge >= 0.3 is 6.03 Å². The second-order valence-corrected chi connectivity index (χ2v) is 6.12. The lowest BCUT2D eigenvalue weighted by atomic mass is 10.1. The number of carbonyl (C=O) groups is 2. The van der Waals surface area contributed by atoms with Crippen LogP contribution < -0.4 is 10.6 Å². The fraction of sp³-hybridized carbons (Fsp3) is 0.263. The van der Waals surface area contributed by atoms with Crippen molar-refractivity contribution in [2.45, 2.75) is 13.3 Å². The van der Waals surface area contributed by atoms with Gasteiger partial charge in [0.05, 0.1) is 6.54 Å². The highest BCUT2D eigenvalue weighted by Gasteiger charge is 2.22. The summed E-state index contributed by atoms with van der Waals surface area (Å²) in [5, 5.41) is 5.88. The maximum absolute atomic E-state index is 12.4. The molecule has 2 aliphatic rings. The number of carbonyl (C=O) groups excluding carboxylic acids is 2. The standard InChI is InChI=1S/C19H22N4O2/c1-3-10-22(2)18(24)14-4-6-17(7-5-14)21-19(25)23-12-15-8-9-20-11-16(15)13-23/h4-9,11-12,20H,3,10,13H2,1-2H3,(H,21,25). The topological polar surface area (TPSA) is 64.7 Å². The molecule has 1 aromatic rings. The van der Waals surface area contributed by atoms with Crippen molar-refractivity contribution in [3.63, 3.8) is 0 Å². The lowest BCUT2D eigenvalue weighted by molar-refractivity contribution is 0.0795. The molecular weight excluding hydrogens is 316 g/mol. The molecule has 6 nitrogen and oxygen atoms in total.